The highest BCUT2D eigenvalue weighted by atomic mass is 35.5. The molecule has 1 heterocycles. The van der Waals surface area contributed by atoms with Gasteiger partial charge < -0.3 is 15.2 Å². The molecule has 0 aliphatic carbocycles. The van der Waals surface area contributed by atoms with Crippen molar-refractivity contribution in [1.29, 1.82) is 0 Å². The lowest BCUT2D eigenvalue weighted by Gasteiger charge is -2.06. The second kappa shape index (κ2) is 6.85. The van der Waals surface area contributed by atoms with Gasteiger partial charge in [-0.25, -0.2) is 4.79 Å². The molecule has 8 heteroatoms. The van der Waals surface area contributed by atoms with Gasteiger partial charge in [-0.05, 0) is 35.7 Å². The topological polar surface area (TPSA) is 97.2 Å². The minimum atomic E-state index is -0.938. The first-order valence-electron chi connectivity index (χ1n) is 6.10. The van der Waals surface area contributed by atoms with E-state index in [0.717, 1.165) is 5.56 Å². The molecular formula is C13H13ClN4O3. The number of anilines is 1. The van der Waals surface area contributed by atoms with Gasteiger partial charge >= 0.3 is 12.0 Å². The van der Waals surface area contributed by atoms with Gasteiger partial charge in [-0.1, -0.05) is 12.1 Å². The first kappa shape index (κ1) is 15.0. The molecule has 0 radical (unpaired) electrons. The van der Waals surface area contributed by atoms with E-state index in [1.807, 2.05) is 0 Å². The van der Waals surface area contributed by atoms with E-state index in [2.05, 4.69) is 20.3 Å². The average Bonchev–Trinajstić information content (AvgIpc) is 2.47. The third-order valence-electron chi connectivity index (χ3n) is 2.67. The van der Waals surface area contributed by atoms with Crippen LogP contribution in [0.3, 0.4) is 0 Å². The van der Waals surface area contributed by atoms with E-state index >= 15 is 0 Å². The molecule has 0 saturated heterocycles. The number of methoxy groups -OCH3 is 1. The van der Waals surface area contributed by atoms with Crippen LogP contribution in [0.25, 0.3) is 0 Å². The van der Waals surface area contributed by atoms with Crippen LogP contribution < -0.4 is 10.1 Å². The zero-order chi connectivity index (χ0) is 15.2. The van der Waals surface area contributed by atoms with E-state index in [-0.39, 0.29) is 16.9 Å². The molecule has 0 amide bonds. The maximum atomic E-state index is 10.7. The molecule has 21 heavy (non-hydrogen) atoms. The quantitative estimate of drug-likeness (QED) is 0.841. The molecule has 2 aromatic rings. The minimum absolute atomic E-state index is 0.0511. The van der Waals surface area contributed by atoms with Crippen LogP contribution in [0.5, 0.6) is 6.01 Å². The number of rotatable bonds is 6. The summed E-state index contributed by atoms with van der Waals surface area (Å²) in [5.41, 5.74) is 1.26. The summed E-state index contributed by atoms with van der Waals surface area (Å²) in [5.74, 6) is -0.611. The molecule has 2 rings (SSSR count). The van der Waals surface area contributed by atoms with E-state index in [1.54, 1.807) is 24.3 Å². The molecule has 0 spiro atoms. The Bertz CT molecular complexity index is 634. The van der Waals surface area contributed by atoms with Gasteiger partial charge in [-0.2, -0.15) is 15.0 Å². The van der Waals surface area contributed by atoms with E-state index in [1.165, 1.54) is 7.11 Å². The Kier molecular flexibility index (Phi) is 4.89. The first-order valence-corrected chi connectivity index (χ1v) is 6.48. The van der Waals surface area contributed by atoms with Crippen LogP contribution in [-0.2, 0) is 6.42 Å². The van der Waals surface area contributed by atoms with Crippen LogP contribution in [0.1, 0.15) is 15.9 Å². The van der Waals surface area contributed by atoms with Crippen LogP contribution in [0.2, 0.25) is 5.28 Å². The Labute approximate surface area is 126 Å². The van der Waals surface area contributed by atoms with Crippen molar-refractivity contribution < 1.29 is 14.6 Å². The molecule has 0 atom stereocenters. The smallest absolute Gasteiger partial charge is 0.335 e. The Balaban J connectivity index is 1.92. The van der Waals surface area contributed by atoms with E-state index in [4.69, 9.17) is 21.4 Å². The Morgan fingerprint density at radius 3 is 2.62 bits per heavy atom. The maximum Gasteiger partial charge on any atom is 0.335 e. The van der Waals surface area contributed by atoms with Gasteiger partial charge in [0, 0.05) is 6.54 Å². The molecule has 0 bridgehead atoms. The van der Waals surface area contributed by atoms with Crippen molar-refractivity contribution in [3.8, 4) is 6.01 Å². The van der Waals surface area contributed by atoms with E-state index in [9.17, 15) is 4.79 Å². The Morgan fingerprint density at radius 1 is 1.29 bits per heavy atom. The molecule has 1 aromatic carbocycles. The van der Waals surface area contributed by atoms with Crippen LogP contribution in [0.4, 0.5) is 5.95 Å². The van der Waals surface area contributed by atoms with Crippen molar-refractivity contribution in [2.45, 2.75) is 6.42 Å². The van der Waals surface area contributed by atoms with Gasteiger partial charge in [0.1, 0.15) is 0 Å². The number of ether oxygens (including phenoxy) is 1. The molecule has 0 saturated carbocycles. The SMILES string of the molecule is COc1nc(Cl)nc(NCCc2ccc(C(=O)O)cc2)n1. The van der Waals surface area contributed by atoms with Crippen LogP contribution in [0, 0.1) is 0 Å². The summed E-state index contributed by atoms with van der Waals surface area (Å²) in [7, 11) is 1.44. The summed E-state index contributed by atoms with van der Waals surface area (Å²) >= 11 is 5.73. The lowest BCUT2D eigenvalue weighted by molar-refractivity contribution is 0.0697. The summed E-state index contributed by atoms with van der Waals surface area (Å²) in [4.78, 5) is 22.4. The highest BCUT2D eigenvalue weighted by Crippen LogP contribution is 2.11. The van der Waals surface area contributed by atoms with Crippen molar-refractivity contribution in [3.63, 3.8) is 0 Å². The monoisotopic (exact) mass is 308 g/mol. The predicted molar refractivity (Wildman–Crippen MR) is 77.0 cm³/mol. The number of hydrogen-bond acceptors (Lipinski definition) is 6. The van der Waals surface area contributed by atoms with Crippen molar-refractivity contribution in [2.75, 3.05) is 19.0 Å². The second-order valence-corrected chi connectivity index (χ2v) is 4.43. The molecule has 0 aliphatic rings. The number of carboxylic acids is 1. The van der Waals surface area contributed by atoms with Crippen LogP contribution in [0.15, 0.2) is 24.3 Å². The van der Waals surface area contributed by atoms with Crippen molar-refractivity contribution in [1.82, 2.24) is 15.0 Å². The van der Waals surface area contributed by atoms with Crippen LogP contribution >= 0.6 is 11.6 Å². The highest BCUT2D eigenvalue weighted by molar-refractivity contribution is 6.28. The van der Waals surface area contributed by atoms with Crippen LogP contribution in [-0.4, -0.2) is 39.7 Å². The first-order chi connectivity index (χ1) is 10.1. The van der Waals surface area contributed by atoms with Crippen molar-refractivity contribution in [3.05, 3.63) is 40.7 Å². The van der Waals surface area contributed by atoms with Gasteiger partial charge in [-0.3, -0.25) is 0 Å². The van der Waals surface area contributed by atoms with Gasteiger partial charge in [0.15, 0.2) is 0 Å². The molecule has 0 unspecified atom stereocenters. The summed E-state index contributed by atoms with van der Waals surface area (Å²) in [6.07, 6.45) is 0.686. The number of nitrogens with one attached hydrogen (secondary N) is 1. The lowest BCUT2D eigenvalue weighted by Crippen LogP contribution is -2.09. The van der Waals surface area contributed by atoms with Gasteiger partial charge in [0.05, 0.1) is 12.7 Å². The molecule has 1 aromatic heterocycles. The summed E-state index contributed by atoms with van der Waals surface area (Å²) < 4.78 is 4.89. The average molecular weight is 309 g/mol. The molecule has 110 valence electrons. The second-order valence-electron chi connectivity index (χ2n) is 4.09. The fourth-order valence-corrected chi connectivity index (χ4v) is 1.79. The van der Waals surface area contributed by atoms with Gasteiger partial charge in [0.2, 0.25) is 11.2 Å². The number of carbonyl (C=O) groups is 1. The predicted octanol–water partition coefficient (Wildman–Crippen LogP) is 1.89. The normalized spacial score (nSPS) is 10.2. The number of nitrogens with zero attached hydrogens (tertiary/aromatic N) is 3. The van der Waals surface area contributed by atoms with Crippen molar-refractivity contribution >= 4 is 23.5 Å². The third kappa shape index (κ3) is 4.28. The molecular weight excluding hydrogens is 296 g/mol. The van der Waals surface area contributed by atoms with E-state index in [0.29, 0.717) is 18.9 Å². The van der Waals surface area contributed by atoms with Gasteiger partial charge in [0.25, 0.3) is 0 Å². The molecule has 2 N–H and O–H groups in total. The summed E-state index contributed by atoms with van der Waals surface area (Å²) in [6, 6.07) is 6.82. The fourth-order valence-electron chi connectivity index (χ4n) is 1.63. The molecule has 0 aliphatic heterocycles. The summed E-state index contributed by atoms with van der Waals surface area (Å²) in [6.45, 7) is 0.565. The number of halogens is 1. The largest absolute Gasteiger partial charge is 0.478 e. The maximum absolute atomic E-state index is 10.7. The zero-order valence-electron chi connectivity index (χ0n) is 11.2. The minimum Gasteiger partial charge on any atom is -0.478 e. The molecule has 7 nitrogen and oxygen atoms in total. The number of hydrogen-bond donors (Lipinski definition) is 2. The number of carboxylic acid groups (broad SMARTS) is 1. The fraction of sp³-hybridized carbons (Fsp3) is 0.231. The standard InChI is InChI=1S/C13H13ClN4O3/c1-21-13-17-11(14)16-12(18-13)15-7-6-8-2-4-9(5-3-8)10(19)20/h2-5H,6-7H2,1H3,(H,19,20)(H,15,16,17,18). The number of benzene rings is 1. The number of aromatic carboxylic acids is 1. The Morgan fingerprint density at radius 2 is 2.00 bits per heavy atom. The third-order valence-corrected chi connectivity index (χ3v) is 2.84. The molecule has 0 fully saturated rings. The highest BCUT2D eigenvalue weighted by Gasteiger charge is 2.05. The lowest BCUT2D eigenvalue weighted by atomic mass is 10.1. The number of aromatic nitrogens is 3. The zero-order valence-corrected chi connectivity index (χ0v) is 12.0. The van der Waals surface area contributed by atoms with Crippen molar-refractivity contribution in [2.24, 2.45) is 0 Å². The Hall–Kier alpha value is -2.41. The summed E-state index contributed by atoms with van der Waals surface area (Å²) in [5, 5.41) is 11.9. The van der Waals surface area contributed by atoms with E-state index < -0.39 is 5.97 Å². The van der Waals surface area contributed by atoms with Gasteiger partial charge in [-0.15, -0.1) is 0 Å².